The number of carbonyl (C=O) groups excluding carboxylic acids is 1. The average molecular weight is 552 g/mol. The maximum Gasteiger partial charge on any atom is 0.387 e. The standard InChI is InChI=1S/C26H22ClF3N2O6/c1-37-21-11-19(32(36)12-17(21)22-20(38-26(29)30)9-8-18(27)23(22)28)16(10-13-2-3-13)24(33)31-15-6-4-14(5-7-15)25(34)35/h4-9,11-13,16,26H,2-3,10H2,1H3,(H2-,31,33,34,35,36)/p+1. The van der Waals surface area contributed by atoms with Gasteiger partial charge in [0.05, 0.1) is 34.9 Å². The van der Waals surface area contributed by atoms with Crippen molar-refractivity contribution < 1.29 is 47.3 Å². The predicted octanol–water partition coefficient (Wildman–Crippen LogP) is 5.50. The van der Waals surface area contributed by atoms with E-state index in [1.54, 1.807) is 0 Å². The summed E-state index contributed by atoms with van der Waals surface area (Å²) in [4.78, 5) is 24.4. The minimum absolute atomic E-state index is 0.0232. The van der Waals surface area contributed by atoms with Gasteiger partial charge in [-0.2, -0.15) is 8.78 Å². The van der Waals surface area contributed by atoms with Gasteiger partial charge in [0.25, 0.3) is 0 Å². The number of carbonyl (C=O) groups is 2. The first kappa shape index (κ1) is 27.1. The van der Waals surface area contributed by atoms with E-state index in [2.05, 4.69) is 10.1 Å². The quantitative estimate of drug-likeness (QED) is 0.227. The number of amides is 1. The van der Waals surface area contributed by atoms with E-state index < -0.39 is 41.5 Å². The van der Waals surface area contributed by atoms with E-state index in [1.165, 1.54) is 37.4 Å². The molecule has 1 heterocycles. The number of rotatable bonds is 10. The van der Waals surface area contributed by atoms with E-state index in [0.717, 1.165) is 31.2 Å². The van der Waals surface area contributed by atoms with Gasteiger partial charge in [-0.1, -0.05) is 24.4 Å². The Morgan fingerprint density at radius 2 is 1.84 bits per heavy atom. The van der Waals surface area contributed by atoms with Crippen molar-refractivity contribution in [2.75, 3.05) is 12.4 Å². The minimum atomic E-state index is -3.25. The number of benzene rings is 2. The first-order valence-electron chi connectivity index (χ1n) is 11.5. The van der Waals surface area contributed by atoms with Gasteiger partial charge in [-0.3, -0.25) is 10.0 Å². The highest BCUT2D eigenvalue weighted by molar-refractivity contribution is 6.31. The van der Waals surface area contributed by atoms with Crippen LogP contribution in [-0.4, -0.2) is 35.9 Å². The van der Waals surface area contributed by atoms with E-state index in [-0.39, 0.29) is 33.5 Å². The monoisotopic (exact) mass is 551 g/mol. The zero-order valence-electron chi connectivity index (χ0n) is 20.0. The van der Waals surface area contributed by atoms with Gasteiger partial charge in [-0.25, -0.2) is 9.18 Å². The summed E-state index contributed by atoms with van der Waals surface area (Å²) < 4.78 is 51.5. The van der Waals surface area contributed by atoms with Crippen molar-refractivity contribution in [3.63, 3.8) is 0 Å². The minimum Gasteiger partial charge on any atom is -0.496 e. The normalized spacial score (nSPS) is 13.7. The molecule has 0 bridgehead atoms. The number of carboxylic acids is 1. The summed E-state index contributed by atoms with van der Waals surface area (Å²) in [6.45, 7) is -3.25. The number of pyridine rings is 1. The molecule has 0 radical (unpaired) electrons. The zero-order chi connectivity index (χ0) is 27.6. The van der Waals surface area contributed by atoms with Crippen LogP contribution in [0.15, 0.2) is 48.7 Å². The highest BCUT2D eigenvalue weighted by Crippen LogP contribution is 2.43. The van der Waals surface area contributed by atoms with Crippen LogP contribution in [-0.2, 0) is 4.79 Å². The fraction of sp³-hybridized carbons (Fsp3) is 0.269. The Morgan fingerprint density at radius 1 is 1.16 bits per heavy atom. The van der Waals surface area contributed by atoms with Gasteiger partial charge >= 0.3 is 12.6 Å². The van der Waals surface area contributed by atoms with Crippen molar-refractivity contribution in [1.29, 1.82) is 0 Å². The molecule has 4 rings (SSSR count). The maximum atomic E-state index is 15.0. The van der Waals surface area contributed by atoms with Gasteiger partial charge in [0.2, 0.25) is 17.8 Å². The number of aromatic carboxylic acids is 1. The fourth-order valence-electron chi connectivity index (χ4n) is 4.11. The van der Waals surface area contributed by atoms with Crippen LogP contribution in [0, 0.1) is 11.7 Å². The Balaban J connectivity index is 1.74. The number of hydrogen-bond acceptors (Lipinski definition) is 5. The number of alkyl halides is 2. The van der Waals surface area contributed by atoms with Crippen LogP contribution in [0.5, 0.6) is 11.5 Å². The fourth-order valence-corrected chi connectivity index (χ4v) is 4.27. The lowest BCUT2D eigenvalue weighted by Crippen LogP contribution is -2.40. The number of methoxy groups -OCH3 is 1. The third-order valence-electron chi connectivity index (χ3n) is 6.16. The smallest absolute Gasteiger partial charge is 0.387 e. The second kappa shape index (κ2) is 11.2. The number of nitrogens with one attached hydrogen (secondary N) is 1. The molecule has 1 atom stereocenters. The molecule has 12 heteroatoms. The summed E-state index contributed by atoms with van der Waals surface area (Å²) in [6, 6.07) is 9.03. The van der Waals surface area contributed by atoms with Crippen LogP contribution in [0.1, 0.15) is 41.2 Å². The van der Waals surface area contributed by atoms with Crippen LogP contribution in [0.2, 0.25) is 5.02 Å². The lowest BCUT2D eigenvalue weighted by Gasteiger charge is -2.17. The molecule has 200 valence electrons. The second-order valence-electron chi connectivity index (χ2n) is 8.74. The summed E-state index contributed by atoms with van der Waals surface area (Å²) >= 11 is 5.89. The molecule has 2 aromatic carbocycles. The molecule has 1 saturated carbocycles. The molecule has 0 aliphatic heterocycles. The molecule has 3 aromatic rings. The summed E-state index contributed by atoms with van der Waals surface area (Å²) in [5.41, 5.74) is -0.0796. The van der Waals surface area contributed by atoms with E-state index in [0.29, 0.717) is 16.8 Å². The van der Waals surface area contributed by atoms with Crippen LogP contribution >= 0.6 is 11.6 Å². The van der Waals surface area contributed by atoms with Crippen molar-refractivity contribution >= 4 is 29.2 Å². The highest BCUT2D eigenvalue weighted by atomic mass is 35.5. The predicted molar refractivity (Wildman–Crippen MR) is 130 cm³/mol. The average Bonchev–Trinajstić information content (AvgIpc) is 3.69. The topological polar surface area (TPSA) is 109 Å². The van der Waals surface area contributed by atoms with Gasteiger partial charge in [0.1, 0.15) is 17.4 Å². The lowest BCUT2D eigenvalue weighted by atomic mass is 9.94. The number of hydrogen-bond donors (Lipinski definition) is 3. The second-order valence-corrected chi connectivity index (χ2v) is 9.15. The van der Waals surface area contributed by atoms with Gasteiger partial charge in [0, 0.05) is 10.4 Å². The molecular weight excluding hydrogens is 529 g/mol. The molecule has 38 heavy (non-hydrogen) atoms. The summed E-state index contributed by atoms with van der Waals surface area (Å²) in [6.07, 6.45) is 3.23. The van der Waals surface area contributed by atoms with Crippen molar-refractivity contribution in [1.82, 2.24) is 0 Å². The number of carboxylic acid groups (broad SMARTS) is 1. The first-order chi connectivity index (χ1) is 18.1. The molecule has 1 aliphatic carbocycles. The molecule has 1 aliphatic rings. The highest BCUT2D eigenvalue weighted by Gasteiger charge is 2.38. The largest absolute Gasteiger partial charge is 0.496 e. The Hall–Kier alpha value is -3.99. The molecular formula is C26H23ClF3N2O6+. The molecule has 0 spiro atoms. The Labute approximate surface area is 220 Å². The molecule has 1 aromatic heterocycles. The zero-order valence-corrected chi connectivity index (χ0v) is 20.7. The van der Waals surface area contributed by atoms with E-state index >= 15 is 4.39 Å². The molecule has 1 fully saturated rings. The van der Waals surface area contributed by atoms with E-state index in [1.807, 2.05) is 0 Å². The van der Waals surface area contributed by atoms with Crippen molar-refractivity contribution in [3.05, 3.63) is 70.8 Å². The Bertz CT molecular complexity index is 1370. The number of ether oxygens (including phenoxy) is 2. The van der Waals surface area contributed by atoms with E-state index in [4.69, 9.17) is 21.4 Å². The summed E-state index contributed by atoms with van der Waals surface area (Å²) in [7, 11) is 1.26. The molecule has 1 unspecified atom stereocenters. The van der Waals surface area contributed by atoms with Crippen LogP contribution in [0.3, 0.4) is 0 Å². The lowest BCUT2D eigenvalue weighted by molar-refractivity contribution is -0.909. The molecule has 1 amide bonds. The van der Waals surface area contributed by atoms with Crippen molar-refractivity contribution in [2.45, 2.75) is 31.8 Å². The number of halogens is 4. The molecule has 8 nitrogen and oxygen atoms in total. The van der Waals surface area contributed by atoms with Gasteiger partial charge < -0.3 is 19.9 Å². The number of aromatic nitrogens is 1. The number of nitrogens with zero attached hydrogens (tertiary/aromatic N) is 1. The Kier molecular flexibility index (Phi) is 7.96. The third-order valence-corrected chi connectivity index (χ3v) is 6.45. The maximum absolute atomic E-state index is 15.0. The van der Waals surface area contributed by atoms with Crippen LogP contribution < -0.4 is 19.5 Å². The van der Waals surface area contributed by atoms with Crippen LogP contribution in [0.25, 0.3) is 11.1 Å². The third kappa shape index (κ3) is 5.94. The van der Waals surface area contributed by atoms with Gasteiger partial charge in [-0.15, -0.1) is 0 Å². The van der Waals surface area contributed by atoms with Crippen LogP contribution in [0.4, 0.5) is 18.9 Å². The van der Waals surface area contributed by atoms with Gasteiger partial charge in [-0.05, 0) is 48.7 Å². The molecule has 0 saturated heterocycles. The summed E-state index contributed by atoms with van der Waals surface area (Å²) in [5.74, 6) is -3.84. The number of anilines is 1. The van der Waals surface area contributed by atoms with E-state index in [9.17, 15) is 23.6 Å². The Morgan fingerprint density at radius 3 is 2.42 bits per heavy atom. The summed E-state index contributed by atoms with van der Waals surface area (Å²) in [5, 5.41) is 22.3. The molecule has 3 N–H and O–H groups in total. The van der Waals surface area contributed by atoms with Gasteiger partial charge in [0.15, 0.2) is 5.82 Å². The first-order valence-corrected chi connectivity index (χ1v) is 11.9. The van der Waals surface area contributed by atoms with Crippen molar-refractivity contribution in [3.8, 4) is 22.6 Å². The SMILES string of the molecule is COc1cc(C(CC2CC2)C(=O)Nc2ccc(C(=O)O)cc2)[n+](O)cc1-c1c(OC(F)F)ccc(Cl)c1F. The van der Waals surface area contributed by atoms with Crippen molar-refractivity contribution in [2.24, 2.45) is 5.92 Å².